The van der Waals surface area contributed by atoms with Crippen LogP contribution in [0.4, 0.5) is 10.8 Å². The van der Waals surface area contributed by atoms with Gasteiger partial charge in [-0.1, -0.05) is 13.8 Å². The maximum Gasteiger partial charge on any atom is 0.280 e. The molecule has 0 aliphatic heterocycles. The van der Waals surface area contributed by atoms with E-state index in [0.717, 1.165) is 11.4 Å². The zero-order chi connectivity index (χ0) is 13.3. The van der Waals surface area contributed by atoms with Crippen LogP contribution in [0, 0.1) is 6.92 Å². The van der Waals surface area contributed by atoms with Crippen LogP contribution in [0.1, 0.15) is 41.6 Å². The number of carbonyl (C=O) groups excluding carboxylic acids is 1. The zero-order valence-electron chi connectivity index (χ0n) is 10.4. The van der Waals surface area contributed by atoms with Crippen molar-refractivity contribution >= 4 is 28.1 Å². The lowest BCUT2D eigenvalue weighted by molar-refractivity contribution is 0.102. The molecule has 2 aromatic rings. The van der Waals surface area contributed by atoms with Gasteiger partial charge in [0.05, 0.1) is 17.1 Å². The molecule has 1 amide bonds. The Kier molecular flexibility index (Phi) is 3.33. The molecular formula is C11H15N5OS. The number of rotatable bonds is 3. The molecule has 2 heterocycles. The highest BCUT2D eigenvalue weighted by molar-refractivity contribution is 7.13. The summed E-state index contributed by atoms with van der Waals surface area (Å²) in [4.78, 5) is 16.1. The minimum Gasteiger partial charge on any atom is -0.395 e. The zero-order valence-corrected chi connectivity index (χ0v) is 11.3. The van der Waals surface area contributed by atoms with Crippen molar-refractivity contribution in [3.63, 3.8) is 0 Å². The van der Waals surface area contributed by atoms with Crippen LogP contribution in [0.3, 0.4) is 0 Å². The van der Waals surface area contributed by atoms with Gasteiger partial charge in [0.25, 0.3) is 5.91 Å². The molecular weight excluding hydrogens is 250 g/mol. The minimum absolute atomic E-state index is 0.196. The Morgan fingerprint density at radius 2 is 2.28 bits per heavy atom. The van der Waals surface area contributed by atoms with Crippen molar-refractivity contribution in [3.8, 4) is 0 Å². The van der Waals surface area contributed by atoms with Gasteiger partial charge in [-0.15, -0.1) is 11.3 Å². The van der Waals surface area contributed by atoms with Crippen LogP contribution >= 0.6 is 11.3 Å². The number of thiazole rings is 1. The molecule has 0 unspecified atom stereocenters. The molecule has 2 rings (SSSR count). The molecule has 2 aromatic heterocycles. The van der Waals surface area contributed by atoms with Gasteiger partial charge in [0.1, 0.15) is 0 Å². The first kappa shape index (κ1) is 12.6. The number of nitrogens with one attached hydrogen (secondary N) is 2. The van der Waals surface area contributed by atoms with Gasteiger partial charge < -0.3 is 5.73 Å². The predicted octanol–water partition coefficient (Wildman–Crippen LogP) is 2.13. The lowest BCUT2D eigenvalue weighted by atomic mass is 10.1. The van der Waals surface area contributed by atoms with E-state index in [1.807, 2.05) is 26.2 Å². The number of hydrogen-bond donors (Lipinski definition) is 3. The molecule has 0 aliphatic carbocycles. The second kappa shape index (κ2) is 4.77. The topological polar surface area (TPSA) is 96.7 Å². The van der Waals surface area contributed by atoms with Crippen LogP contribution in [-0.4, -0.2) is 21.1 Å². The van der Waals surface area contributed by atoms with Crippen LogP contribution in [0.2, 0.25) is 0 Å². The number of nitrogens with two attached hydrogens (primary N) is 1. The fourth-order valence-corrected chi connectivity index (χ4v) is 2.23. The van der Waals surface area contributed by atoms with Gasteiger partial charge in [0.15, 0.2) is 10.8 Å². The number of aryl methyl sites for hydroxylation is 1. The molecule has 0 atom stereocenters. The summed E-state index contributed by atoms with van der Waals surface area (Å²) in [5.74, 6) is -0.147. The predicted molar refractivity (Wildman–Crippen MR) is 71.9 cm³/mol. The summed E-state index contributed by atoms with van der Waals surface area (Å²) in [7, 11) is 0. The Hall–Kier alpha value is -1.89. The highest BCUT2D eigenvalue weighted by Gasteiger charge is 2.19. The fraction of sp³-hybridized carbons (Fsp3) is 0.364. The average molecular weight is 265 g/mol. The molecule has 0 aliphatic rings. The van der Waals surface area contributed by atoms with E-state index in [-0.39, 0.29) is 17.5 Å². The first-order chi connectivity index (χ1) is 8.49. The van der Waals surface area contributed by atoms with E-state index in [4.69, 9.17) is 5.73 Å². The Labute approximate surface area is 109 Å². The van der Waals surface area contributed by atoms with E-state index in [0.29, 0.717) is 10.8 Å². The maximum absolute atomic E-state index is 12.0. The van der Waals surface area contributed by atoms with Crippen molar-refractivity contribution in [2.75, 3.05) is 11.1 Å². The van der Waals surface area contributed by atoms with E-state index in [1.54, 1.807) is 0 Å². The standard InChI is InChI=1S/C11H15N5OS/c1-5(2)8-7(12)9(16-15-8)10(17)14-11-13-6(3)4-18-11/h4-5H,12H2,1-3H3,(H,15,16)(H,13,14,17). The molecule has 0 fully saturated rings. The first-order valence-corrected chi connectivity index (χ1v) is 6.44. The number of H-pyrrole nitrogens is 1. The molecule has 0 bridgehead atoms. The Bertz CT molecular complexity index is 572. The van der Waals surface area contributed by atoms with Crippen LogP contribution < -0.4 is 11.1 Å². The molecule has 18 heavy (non-hydrogen) atoms. The Morgan fingerprint density at radius 3 is 2.78 bits per heavy atom. The number of nitrogens with zero attached hydrogens (tertiary/aromatic N) is 2. The lowest BCUT2D eigenvalue weighted by Crippen LogP contribution is -2.14. The van der Waals surface area contributed by atoms with Gasteiger partial charge in [0.2, 0.25) is 0 Å². The molecule has 96 valence electrons. The van der Waals surface area contributed by atoms with Crippen molar-refractivity contribution in [2.24, 2.45) is 0 Å². The molecule has 7 heteroatoms. The second-order valence-corrected chi connectivity index (χ2v) is 5.16. The number of carbonyl (C=O) groups is 1. The van der Waals surface area contributed by atoms with Gasteiger partial charge in [-0.25, -0.2) is 4.98 Å². The molecule has 0 saturated carbocycles. The number of anilines is 2. The van der Waals surface area contributed by atoms with Crippen LogP contribution in [0.5, 0.6) is 0 Å². The van der Waals surface area contributed by atoms with E-state index >= 15 is 0 Å². The Morgan fingerprint density at radius 1 is 1.56 bits per heavy atom. The van der Waals surface area contributed by atoms with Crippen molar-refractivity contribution in [1.82, 2.24) is 15.2 Å². The van der Waals surface area contributed by atoms with Gasteiger partial charge >= 0.3 is 0 Å². The molecule has 4 N–H and O–H groups in total. The van der Waals surface area contributed by atoms with Crippen LogP contribution in [0.25, 0.3) is 0 Å². The average Bonchev–Trinajstić information content (AvgIpc) is 2.85. The number of aromatic nitrogens is 3. The summed E-state index contributed by atoms with van der Waals surface area (Å²) >= 11 is 1.37. The summed E-state index contributed by atoms with van der Waals surface area (Å²) in [6, 6.07) is 0. The summed E-state index contributed by atoms with van der Waals surface area (Å²) < 4.78 is 0. The largest absolute Gasteiger partial charge is 0.395 e. The fourth-order valence-electron chi connectivity index (χ4n) is 1.55. The van der Waals surface area contributed by atoms with Gasteiger partial charge in [-0.3, -0.25) is 15.2 Å². The maximum atomic E-state index is 12.0. The van der Waals surface area contributed by atoms with Gasteiger partial charge in [-0.05, 0) is 12.8 Å². The number of aromatic amines is 1. The summed E-state index contributed by atoms with van der Waals surface area (Å²) in [6.07, 6.45) is 0. The molecule has 6 nitrogen and oxygen atoms in total. The third-order valence-electron chi connectivity index (χ3n) is 2.47. The van der Waals surface area contributed by atoms with E-state index in [2.05, 4.69) is 20.5 Å². The number of nitrogen functional groups attached to an aromatic ring is 1. The third-order valence-corrected chi connectivity index (χ3v) is 3.34. The monoisotopic (exact) mass is 265 g/mol. The minimum atomic E-state index is -0.343. The van der Waals surface area contributed by atoms with E-state index in [9.17, 15) is 4.79 Å². The number of hydrogen-bond acceptors (Lipinski definition) is 5. The quantitative estimate of drug-likeness (QED) is 0.792. The second-order valence-electron chi connectivity index (χ2n) is 4.30. The van der Waals surface area contributed by atoms with Crippen molar-refractivity contribution < 1.29 is 4.79 Å². The van der Waals surface area contributed by atoms with Crippen LogP contribution in [0.15, 0.2) is 5.38 Å². The van der Waals surface area contributed by atoms with Crippen molar-refractivity contribution in [3.05, 3.63) is 22.5 Å². The van der Waals surface area contributed by atoms with Crippen molar-refractivity contribution in [2.45, 2.75) is 26.7 Å². The highest BCUT2D eigenvalue weighted by Crippen LogP contribution is 2.23. The van der Waals surface area contributed by atoms with Gasteiger partial charge in [0, 0.05) is 5.38 Å². The highest BCUT2D eigenvalue weighted by atomic mass is 32.1. The van der Waals surface area contributed by atoms with Crippen molar-refractivity contribution in [1.29, 1.82) is 0 Å². The lowest BCUT2D eigenvalue weighted by Gasteiger charge is -2.02. The third kappa shape index (κ3) is 2.35. The van der Waals surface area contributed by atoms with Gasteiger partial charge in [-0.2, -0.15) is 5.10 Å². The summed E-state index contributed by atoms with van der Waals surface area (Å²) in [5.41, 5.74) is 8.15. The Balaban J connectivity index is 2.19. The first-order valence-electron chi connectivity index (χ1n) is 5.56. The molecule has 0 radical (unpaired) electrons. The molecule has 0 saturated heterocycles. The SMILES string of the molecule is Cc1csc(NC(=O)c2n[nH]c(C(C)C)c2N)n1. The van der Waals surface area contributed by atoms with E-state index < -0.39 is 0 Å². The number of amides is 1. The van der Waals surface area contributed by atoms with E-state index in [1.165, 1.54) is 11.3 Å². The molecule has 0 aromatic carbocycles. The van der Waals surface area contributed by atoms with Crippen LogP contribution in [-0.2, 0) is 0 Å². The molecule has 0 spiro atoms. The smallest absolute Gasteiger partial charge is 0.280 e. The summed E-state index contributed by atoms with van der Waals surface area (Å²) in [6.45, 7) is 5.83. The summed E-state index contributed by atoms with van der Waals surface area (Å²) in [5, 5.41) is 11.8. The normalized spacial score (nSPS) is 10.9.